The molecule has 1 aromatic heterocycles. The summed E-state index contributed by atoms with van der Waals surface area (Å²) in [5.41, 5.74) is 2.41. The molecule has 0 aliphatic rings. The lowest BCUT2D eigenvalue weighted by Crippen LogP contribution is -2.14. The lowest BCUT2D eigenvalue weighted by Gasteiger charge is -2.11. The first-order chi connectivity index (χ1) is 10.3. The SMILES string of the molecule is CCNCc1cnn(CCOc2ccccc2OC)c1C. The van der Waals surface area contributed by atoms with Gasteiger partial charge in [0.2, 0.25) is 0 Å². The van der Waals surface area contributed by atoms with E-state index in [2.05, 4.69) is 24.3 Å². The van der Waals surface area contributed by atoms with Crippen LogP contribution in [0.2, 0.25) is 0 Å². The molecule has 2 aromatic rings. The Kier molecular flexibility index (Phi) is 5.63. The van der Waals surface area contributed by atoms with E-state index in [9.17, 15) is 0 Å². The molecule has 0 spiro atoms. The smallest absolute Gasteiger partial charge is 0.161 e. The van der Waals surface area contributed by atoms with Gasteiger partial charge >= 0.3 is 0 Å². The summed E-state index contributed by atoms with van der Waals surface area (Å²) in [5.74, 6) is 1.51. The number of nitrogens with zero attached hydrogens (tertiary/aromatic N) is 2. The van der Waals surface area contributed by atoms with E-state index in [0.29, 0.717) is 6.61 Å². The summed E-state index contributed by atoms with van der Waals surface area (Å²) < 4.78 is 13.0. The lowest BCUT2D eigenvalue weighted by molar-refractivity contribution is 0.273. The van der Waals surface area contributed by atoms with E-state index >= 15 is 0 Å². The van der Waals surface area contributed by atoms with Gasteiger partial charge in [0.15, 0.2) is 11.5 Å². The van der Waals surface area contributed by atoms with Crippen molar-refractivity contribution in [3.05, 3.63) is 41.7 Å². The molecule has 21 heavy (non-hydrogen) atoms. The quantitative estimate of drug-likeness (QED) is 0.810. The van der Waals surface area contributed by atoms with Crippen LogP contribution in [0.1, 0.15) is 18.2 Å². The second-order valence-corrected chi connectivity index (χ2v) is 4.76. The van der Waals surface area contributed by atoms with Gasteiger partial charge in [-0.2, -0.15) is 5.10 Å². The summed E-state index contributed by atoms with van der Waals surface area (Å²) in [7, 11) is 1.65. The molecule has 0 amide bonds. The van der Waals surface area contributed by atoms with Crippen LogP contribution in [0.15, 0.2) is 30.5 Å². The molecule has 5 nitrogen and oxygen atoms in total. The third-order valence-corrected chi connectivity index (χ3v) is 3.40. The van der Waals surface area contributed by atoms with Crippen molar-refractivity contribution in [2.45, 2.75) is 26.9 Å². The van der Waals surface area contributed by atoms with Gasteiger partial charge in [0, 0.05) is 17.8 Å². The van der Waals surface area contributed by atoms with E-state index in [-0.39, 0.29) is 0 Å². The van der Waals surface area contributed by atoms with Crippen LogP contribution in [0.4, 0.5) is 0 Å². The van der Waals surface area contributed by atoms with Crippen molar-refractivity contribution in [3.8, 4) is 11.5 Å². The summed E-state index contributed by atoms with van der Waals surface area (Å²) in [6.45, 7) is 7.28. The molecule has 0 fully saturated rings. The number of methoxy groups -OCH3 is 1. The topological polar surface area (TPSA) is 48.3 Å². The van der Waals surface area contributed by atoms with E-state index in [1.165, 1.54) is 11.3 Å². The van der Waals surface area contributed by atoms with Crippen molar-refractivity contribution in [1.82, 2.24) is 15.1 Å². The molecule has 2 rings (SSSR count). The van der Waals surface area contributed by atoms with Gasteiger partial charge in [-0.15, -0.1) is 0 Å². The molecule has 0 aliphatic heterocycles. The highest BCUT2D eigenvalue weighted by molar-refractivity contribution is 5.39. The van der Waals surface area contributed by atoms with Gasteiger partial charge in [-0.1, -0.05) is 19.1 Å². The number of hydrogen-bond donors (Lipinski definition) is 1. The van der Waals surface area contributed by atoms with Gasteiger partial charge in [-0.3, -0.25) is 4.68 Å². The fourth-order valence-corrected chi connectivity index (χ4v) is 2.12. The summed E-state index contributed by atoms with van der Waals surface area (Å²) >= 11 is 0. The number of ether oxygens (including phenoxy) is 2. The molecule has 0 atom stereocenters. The predicted octanol–water partition coefficient (Wildman–Crippen LogP) is 2.39. The fourth-order valence-electron chi connectivity index (χ4n) is 2.12. The van der Waals surface area contributed by atoms with Crippen LogP contribution in [0.5, 0.6) is 11.5 Å². The third-order valence-electron chi connectivity index (χ3n) is 3.40. The highest BCUT2D eigenvalue weighted by Crippen LogP contribution is 2.25. The van der Waals surface area contributed by atoms with Crippen LogP contribution >= 0.6 is 0 Å². The Morgan fingerprint density at radius 1 is 1.24 bits per heavy atom. The monoisotopic (exact) mass is 289 g/mol. The Balaban J connectivity index is 1.90. The molecule has 0 aliphatic carbocycles. The van der Waals surface area contributed by atoms with E-state index in [0.717, 1.165) is 31.1 Å². The second kappa shape index (κ2) is 7.69. The van der Waals surface area contributed by atoms with Gasteiger partial charge in [-0.25, -0.2) is 0 Å². The third kappa shape index (κ3) is 3.98. The Labute approximate surface area is 125 Å². The first kappa shape index (κ1) is 15.4. The number of benzene rings is 1. The minimum Gasteiger partial charge on any atom is -0.493 e. The molecule has 0 radical (unpaired) electrons. The Hall–Kier alpha value is -2.01. The van der Waals surface area contributed by atoms with Gasteiger partial charge in [-0.05, 0) is 25.6 Å². The first-order valence-corrected chi connectivity index (χ1v) is 7.24. The molecule has 0 saturated heterocycles. The van der Waals surface area contributed by atoms with Crippen LogP contribution < -0.4 is 14.8 Å². The minimum atomic E-state index is 0.559. The molecule has 0 unspecified atom stereocenters. The summed E-state index contributed by atoms with van der Waals surface area (Å²) in [5, 5.41) is 7.72. The number of hydrogen-bond acceptors (Lipinski definition) is 4. The van der Waals surface area contributed by atoms with Crippen molar-refractivity contribution in [1.29, 1.82) is 0 Å². The molecule has 114 valence electrons. The maximum atomic E-state index is 5.78. The second-order valence-electron chi connectivity index (χ2n) is 4.76. The van der Waals surface area contributed by atoms with Crippen molar-refractivity contribution in [2.24, 2.45) is 0 Å². The molecule has 1 heterocycles. The van der Waals surface area contributed by atoms with Crippen LogP contribution in [0, 0.1) is 6.92 Å². The van der Waals surface area contributed by atoms with Crippen LogP contribution in [-0.2, 0) is 13.1 Å². The molecule has 0 bridgehead atoms. The summed E-state index contributed by atoms with van der Waals surface area (Å²) in [4.78, 5) is 0. The average Bonchev–Trinajstić information content (AvgIpc) is 2.86. The molecular weight excluding hydrogens is 266 g/mol. The summed E-state index contributed by atoms with van der Waals surface area (Å²) in [6.07, 6.45) is 1.92. The highest BCUT2D eigenvalue weighted by atomic mass is 16.5. The van der Waals surface area contributed by atoms with Gasteiger partial charge in [0.25, 0.3) is 0 Å². The zero-order valence-corrected chi connectivity index (χ0v) is 12.9. The number of para-hydroxylation sites is 2. The largest absolute Gasteiger partial charge is 0.493 e. The van der Waals surface area contributed by atoms with Crippen molar-refractivity contribution < 1.29 is 9.47 Å². The zero-order valence-electron chi connectivity index (χ0n) is 12.9. The molecule has 1 N–H and O–H groups in total. The predicted molar refractivity (Wildman–Crippen MR) is 82.8 cm³/mol. The van der Waals surface area contributed by atoms with Gasteiger partial charge in [0.05, 0.1) is 19.9 Å². The lowest BCUT2D eigenvalue weighted by atomic mass is 10.2. The molecule has 5 heteroatoms. The van der Waals surface area contributed by atoms with Crippen LogP contribution in [0.3, 0.4) is 0 Å². The van der Waals surface area contributed by atoms with E-state index < -0.39 is 0 Å². The van der Waals surface area contributed by atoms with Crippen LogP contribution in [0.25, 0.3) is 0 Å². The van der Waals surface area contributed by atoms with E-state index in [1.54, 1.807) is 7.11 Å². The molecule has 1 aromatic carbocycles. The molecular formula is C16H23N3O2. The van der Waals surface area contributed by atoms with Crippen LogP contribution in [-0.4, -0.2) is 30.0 Å². The summed E-state index contributed by atoms with van der Waals surface area (Å²) in [6, 6.07) is 7.66. The zero-order chi connectivity index (χ0) is 15.1. The normalized spacial score (nSPS) is 10.6. The number of rotatable bonds is 8. The molecule has 0 saturated carbocycles. The van der Waals surface area contributed by atoms with Crippen molar-refractivity contribution in [3.63, 3.8) is 0 Å². The van der Waals surface area contributed by atoms with Gasteiger partial charge in [0.1, 0.15) is 6.61 Å². The highest BCUT2D eigenvalue weighted by Gasteiger charge is 2.07. The average molecular weight is 289 g/mol. The maximum absolute atomic E-state index is 5.78. The number of aromatic nitrogens is 2. The van der Waals surface area contributed by atoms with Crippen molar-refractivity contribution in [2.75, 3.05) is 20.3 Å². The Bertz CT molecular complexity index is 566. The maximum Gasteiger partial charge on any atom is 0.161 e. The Morgan fingerprint density at radius 2 is 2.00 bits per heavy atom. The van der Waals surface area contributed by atoms with Gasteiger partial charge < -0.3 is 14.8 Å². The first-order valence-electron chi connectivity index (χ1n) is 7.24. The standard InChI is InChI=1S/C16H23N3O2/c1-4-17-11-14-12-18-19(13(14)2)9-10-21-16-8-6-5-7-15(16)20-3/h5-8,12,17H,4,9-11H2,1-3H3. The van der Waals surface area contributed by atoms with E-state index in [4.69, 9.17) is 9.47 Å². The number of nitrogens with one attached hydrogen (secondary N) is 1. The Morgan fingerprint density at radius 3 is 2.71 bits per heavy atom. The minimum absolute atomic E-state index is 0.559. The van der Waals surface area contributed by atoms with E-state index in [1.807, 2.05) is 35.1 Å². The van der Waals surface area contributed by atoms with Crippen molar-refractivity contribution >= 4 is 0 Å². The fraction of sp³-hybridized carbons (Fsp3) is 0.438.